The standard InChI is InChI=1S/C36H34N10S2/c1-45(2)17-19-47-27-28(48-20-18-46(3)4)36-43-34-26-16-10-8-14-24(26)32(41-34)39-30-22-12-6-5-11-21(22)29(37-30)38-31-23-13-7-9-15-25(23)33(40-31)42-35(27)44-36/h5-16H,17-20H2,1-4H3,(H2,37,38,39,40,41,42,43,44). The lowest BCUT2D eigenvalue weighted by Crippen LogP contribution is -2.15. The second-order valence-corrected chi connectivity index (χ2v) is 14.4. The summed E-state index contributed by atoms with van der Waals surface area (Å²) in [6.07, 6.45) is 0. The molecule has 12 heteroatoms. The third-order valence-corrected chi connectivity index (χ3v) is 10.5. The van der Waals surface area contributed by atoms with Gasteiger partial charge in [0.25, 0.3) is 0 Å². The Morgan fingerprint density at radius 1 is 0.458 bits per heavy atom. The van der Waals surface area contributed by atoms with Gasteiger partial charge >= 0.3 is 0 Å². The first-order chi connectivity index (χ1) is 23.4. The highest BCUT2D eigenvalue weighted by molar-refractivity contribution is 8.02. The van der Waals surface area contributed by atoms with Crippen molar-refractivity contribution in [2.24, 2.45) is 0 Å². The number of benzene rings is 3. The van der Waals surface area contributed by atoms with Gasteiger partial charge in [-0.3, -0.25) is 0 Å². The van der Waals surface area contributed by atoms with Gasteiger partial charge in [0.1, 0.15) is 22.6 Å². The Morgan fingerprint density at radius 2 is 0.792 bits per heavy atom. The van der Waals surface area contributed by atoms with E-state index in [1.807, 2.05) is 36.4 Å². The van der Waals surface area contributed by atoms with Crippen molar-refractivity contribution in [3.8, 4) is 45.6 Å². The van der Waals surface area contributed by atoms with E-state index in [1.165, 1.54) is 0 Å². The van der Waals surface area contributed by atoms with E-state index in [-0.39, 0.29) is 0 Å². The Balaban J connectivity index is 1.48. The quantitative estimate of drug-likeness (QED) is 0.163. The van der Waals surface area contributed by atoms with Crippen molar-refractivity contribution in [3.63, 3.8) is 0 Å². The molecular weight excluding hydrogens is 637 g/mol. The average Bonchev–Trinajstić information content (AvgIpc) is 3.80. The van der Waals surface area contributed by atoms with E-state index in [2.05, 4.69) is 84.4 Å². The molecule has 10 nitrogen and oxygen atoms in total. The average molecular weight is 671 g/mol. The number of hydrogen-bond donors (Lipinski definition) is 2. The van der Waals surface area contributed by atoms with Crippen LogP contribution in [0.4, 0.5) is 0 Å². The van der Waals surface area contributed by atoms with Crippen LogP contribution < -0.4 is 0 Å². The number of aromatic amines is 2. The van der Waals surface area contributed by atoms with Crippen molar-refractivity contribution in [3.05, 3.63) is 72.8 Å². The molecule has 3 aromatic carbocycles. The summed E-state index contributed by atoms with van der Waals surface area (Å²) < 4.78 is 0. The lowest BCUT2D eigenvalue weighted by Gasteiger charge is -2.11. The predicted octanol–water partition coefficient (Wildman–Crippen LogP) is 7.02. The molecule has 0 saturated carbocycles. The van der Waals surface area contributed by atoms with Crippen LogP contribution in [0.15, 0.2) is 82.6 Å². The molecule has 0 unspecified atom stereocenters. The van der Waals surface area contributed by atoms with Gasteiger partial charge < -0.3 is 19.8 Å². The largest absolute Gasteiger partial charge is 0.324 e. The van der Waals surface area contributed by atoms with Crippen LogP contribution in [-0.4, -0.2) is 102 Å². The third kappa shape index (κ3) is 5.74. The molecule has 0 aliphatic carbocycles. The minimum atomic E-state index is 0.605. The van der Waals surface area contributed by atoms with Crippen LogP contribution in [0.2, 0.25) is 0 Å². The van der Waals surface area contributed by atoms with Crippen LogP contribution in [0.1, 0.15) is 0 Å². The van der Waals surface area contributed by atoms with Gasteiger partial charge in [-0.25, -0.2) is 29.9 Å². The number of fused-ring (bicyclic) bond motifs is 17. The maximum absolute atomic E-state index is 5.23. The summed E-state index contributed by atoms with van der Waals surface area (Å²) in [5.41, 5.74) is 6.60. The van der Waals surface area contributed by atoms with Crippen LogP contribution in [0.5, 0.6) is 0 Å². The molecule has 0 spiro atoms. The van der Waals surface area contributed by atoms with E-state index in [0.29, 0.717) is 34.6 Å². The molecule has 0 saturated heterocycles. The zero-order valence-corrected chi connectivity index (χ0v) is 28.8. The molecule has 48 heavy (non-hydrogen) atoms. The molecule has 240 valence electrons. The second kappa shape index (κ2) is 12.8. The Labute approximate surface area is 286 Å². The topological polar surface area (TPSA) is 115 Å². The van der Waals surface area contributed by atoms with Crippen molar-refractivity contribution in [2.75, 3.05) is 52.8 Å². The summed E-state index contributed by atoms with van der Waals surface area (Å²) in [5.74, 6) is 4.23. The summed E-state index contributed by atoms with van der Waals surface area (Å²) in [4.78, 5) is 44.4. The minimum Gasteiger partial charge on any atom is -0.324 e. The number of rotatable bonds is 8. The van der Waals surface area contributed by atoms with E-state index in [0.717, 1.165) is 78.7 Å². The zero-order valence-electron chi connectivity index (χ0n) is 27.2. The smallest absolute Gasteiger partial charge is 0.164 e. The normalized spacial score (nSPS) is 12.2. The molecule has 2 aliphatic heterocycles. The van der Waals surface area contributed by atoms with Crippen LogP contribution >= 0.6 is 23.5 Å². The van der Waals surface area contributed by atoms with Crippen molar-refractivity contribution >= 4 is 56.9 Å². The first-order valence-electron chi connectivity index (χ1n) is 15.8. The summed E-state index contributed by atoms with van der Waals surface area (Å²) in [6.45, 7) is 1.85. The van der Waals surface area contributed by atoms with Gasteiger partial charge in [0.15, 0.2) is 23.3 Å². The number of thioether (sulfide) groups is 2. The Morgan fingerprint density at radius 3 is 1.17 bits per heavy atom. The van der Waals surface area contributed by atoms with Crippen LogP contribution in [0.25, 0.3) is 78.9 Å². The predicted molar refractivity (Wildman–Crippen MR) is 197 cm³/mol. The molecule has 2 aliphatic rings. The first-order valence-corrected chi connectivity index (χ1v) is 17.8. The Kier molecular flexibility index (Phi) is 8.17. The number of nitrogens with zero attached hydrogens (tertiary/aromatic N) is 8. The van der Waals surface area contributed by atoms with Crippen molar-refractivity contribution in [2.45, 2.75) is 9.79 Å². The molecule has 3 aromatic heterocycles. The SMILES string of the molecule is CN(C)CCSc1c(SCCN(C)C)c2nc3nc(nc4[nH]c(nc5nc(nc1[nH]2)-c1ccccc1-5)c1ccccc41)-c1ccccc1-3. The first kappa shape index (κ1) is 30.7. The summed E-state index contributed by atoms with van der Waals surface area (Å²) in [7, 11) is 8.39. The summed E-state index contributed by atoms with van der Waals surface area (Å²) in [5, 5.41) is 1.92. The van der Waals surface area contributed by atoms with Gasteiger partial charge in [-0.2, -0.15) is 0 Å². The fourth-order valence-corrected chi connectivity index (χ4v) is 8.40. The van der Waals surface area contributed by atoms with Crippen molar-refractivity contribution in [1.82, 2.24) is 49.7 Å². The molecule has 0 fully saturated rings. The fourth-order valence-electron chi connectivity index (χ4n) is 5.80. The number of nitrogens with one attached hydrogen (secondary N) is 2. The summed E-state index contributed by atoms with van der Waals surface area (Å²) in [6, 6.07) is 24.4. The molecule has 0 atom stereocenters. The molecule has 8 bridgehead atoms. The molecule has 5 heterocycles. The highest BCUT2D eigenvalue weighted by atomic mass is 32.2. The molecule has 8 rings (SSSR count). The van der Waals surface area contributed by atoms with E-state index in [1.54, 1.807) is 23.5 Å². The molecule has 0 radical (unpaired) electrons. The summed E-state index contributed by atoms with van der Waals surface area (Å²) >= 11 is 3.58. The van der Waals surface area contributed by atoms with Gasteiger partial charge in [0, 0.05) is 57.6 Å². The number of hydrogen-bond acceptors (Lipinski definition) is 10. The lowest BCUT2D eigenvalue weighted by atomic mass is 10.1. The second-order valence-electron chi connectivity index (χ2n) is 12.2. The van der Waals surface area contributed by atoms with E-state index in [4.69, 9.17) is 29.9 Å². The van der Waals surface area contributed by atoms with Crippen molar-refractivity contribution in [1.29, 1.82) is 0 Å². The highest BCUT2D eigenvalue weighted by Gasteiger charge is 2.23. The van der Waals surface area contributed by atoms with E-state index >= 15 is 0 Å². The lowest BCUT2D eigenvalue weighted by molar-refractivity contribution is 0.437. The van der Waals surface area contributed by atoms with E-state index < -0.39 is 0 Å². The fraction of sp³-hybridized carbons (Fsp3) is 0.222. The third-order valence-electron chi connectivity index (χ3n) is 8.23. The number of aromatic nitrogens is 8. The molecule has 6 aromatic rings. The minimum absolute atomic E-state index is 0.605. The molecule has 2 N–H and O–H groups in total. The maximum Gasteiger partial charge on any atom is 0.164 e. The van der Waals surface area contributed by atoms with Crippen LogP contribution in [0, 0.1) is 0 Å². The van der Waals surface area contributed by atoms with Crippen LogP contribution in [-0.2, 0) is 0 Å². The van der Waals surface area contributed by atoms with Gasteiger partial charge in [-0.05, 0) is 28.2 Å². The Bertz CT molecular complexity index is 2180. The van der Waals surface area contributed by atoms with Crippen molar-refractivity contribution < 1.29 is 0 Å². The van der Waals surface area contributed by atoms with E-state index in [9.17, 15) is 0 Å². The maximum atomic E-state index is 5.23. The van der Waals surface area contributed by atoms with Gasteiger partial charge in [-0.15, -0.1) is 23.5 Å². The molecule has 0 amide bonds. The zero-order chi connectivity index (χ0) is 32.8. The van der Waals surface area contributed by atoms with Gasteiger partial charge in [0.2, 0.25) is 0 Å². The van der Waals surface area contributed by atoms with Gasteiger partial charge in [-0.1, -0.05) is 72.8 Å². The monoisotopic (exact) mass is 670 g/mol. The molecular formula is C36H34N10S2. The van der Waals surface area contributed by atoms with Crippen LogP contribution in [0.3, 0.4) is 0 Å². The Hall–Kier alpha value is -4.62. The van der Waals surface area contributed by atoms with Gasteiger partial charge in [0.05, 0.1) is 9.79 Å². The number of H-pyrrole nitrogens is 2. The highest BCUT2D eigenvalue weighted by Crippen LogP contribution is 2.40.